The van der Waals surface area contributed by atoms with Crippen molar-refractivity contribution in [2.24, 2.45) is 5.92 Å². The van der Waals surface area contributed by atoms with E-state index in [-0.39, 0.29) is 12.1 Å². The molecule has 1 heterocycles. The van der Waals surface area contributed by atoms with Crippen molar-refractivity contribution < 1.29 is 9.53 Å². The highest BCUT2D eigenvalue weighted by Crippen LogP contribution is 2.40. The lowest BCUT2D eigenvalue weighted by atomic mass is 9.96. The molecule has 1 atom stereocenters. The van der Waals surface area contributed by atoms with Crippen LogP contribution in [-0.2, 0) is 11.3 Å². The van der Waals surface area contributed by atoms with Gasteiger partial charge in [-0.2, -0.15) is 0 Å². The van der Waals surface area contributed by atoms with Gasteiger partial charge in [-0.05, 0) is 49.9 Å². The predicted molar refractivity (Wildman–Crippen MR) is 80.8 cm³/mol. The molecule has 4 heteroatoms. The Kier molecular flexibility index (Phi) is 4.01. The number of rotatable bonds is 1. The Morgan fingerprint density at radius 3 is 2.60 bits per heavy atom. The third-order valence-electron chi connectivity index (χ3n) is 3.36. The number of hydrogen-bond acceptors (Lipinski definition) is 2. The first-order valence-corrected chi connectivity index (χ1v) is 7.35. The molecule has 1 amide bonds. The number of nitrogens with zero attached hydrogens (tertiary/aromatic N) is 1. The van der Waals surface area contributed by atoms with Crippen molar-refractivity contribution in [1.29, 1.82) is 0 Å². The van der Waals surface area contributed by atoms with Gasteiger partial charge in [0.25, 0.3) is 0 Å². The number of hydrogen-bond donors (Lipinski definition) is 0. The molecule has 1 unspecified atom stereocenters. The summed E-state index contributed by atoms with van der Waals surface area (Å²) >= 11 is 6.05. The highest BCUT2D eigenvalue weighted by molar-refractivity contribution is 6.30. The van der Waals surface area contributed by atoms with E-state index in [0.29, 0.717) is 17.5 Å². The summed E-state index contributed by atoms with van der Waals surface area (Å²) in [6.45, 7) is 10.4. The fourth-order valence-corrected chi connectivity index (χ4v) is 2.86. The number of carbonyl (C=O) groups excluding carboxylic acids is 1. The molecule has 0 radical (unpaired) electrons. The maximum atomic E-state index is 12.4. The van der Waals surface area contributed by atoms with Crippen LogP contribution in [0, 0.1) is 5.92 Å². The average molecular weight is 296 g/mol. The van der Waals surface area contributed by atoms with Gasteiger partial charge in [0.1, 0.15) is 5.60 Å². The van der Waals surface area contributed by atoms with Gasteiger partial charge in [-0.15, -0.1) is 0 Å². The normalized spacial score (nSPS) is 18.4. The second-order valence-corrected chi connectivity index (χ2v) is 7.08. The van der Waals surface area contributed by atoms with Crippen LogP contribution < -0.4 is 0 Å². The fraction of sp³-hybridized carbons (Fsp3) is 0.562. The molecule has 0 N–H and O–H groups in total. The average Bonchev–Trinajstić information content (AvgIpc) is 2.64. The van der Waals surface area contributed by atoms with Crippen LogP contribution in [0.15, 0.2) is 18.2 Å². The topological polar surface area (TPSA) is 29.5 Å². The Balaban J connectivity index is 2.30. The molecule has 1 aromatic rings. The van der Waals surface area contributed by atoms with Crippen LogP contribution in [0.25, 0.3) is 0 Å². The van der Waals surface area contributed by atoms with E-state index in [9.17, 15) is 4.79 Å². The molecule has 0 aliphatic carbocycles. The minimum Gasteiger partial charge on any atom is -0.444 e. The summed E-state index contributed by atoms with van der Waals surface area (Å²) in [6, 6.07) is 5.90. The Morgan fingerprint density at radius 1 is 1.40 bits per heavy atom. The largest absolute Gasteiger partial charge is 0.444 e. The summed E-state index contributed by atoms with van der Waals surface area (Å²) in [6.07, 6.45) is -0.261. The third-order valence-corrected chi connectivity index (χ3v) is 3.59. The summed E-state index contributed by atoms with van der Waals surface area (Å²) in [7, 11) is 0. The molecule has 1 aromatic carbocycles. The van der Waals surface area contributed by atoms with Gasteiger partial charge in [-0.1, -0.05) is 31.5 Å². The number of benzene rings is 1. The van der Waals surface area contributed by atoms with Gasteiger partial charge >= 0.3 is 6.09 Å². The zero-order valence-electron chi connectivity index (χ0n) is 12.7. The lowest BCUT2D eigenvalue weighted by Crippen LogP contribution is -2.37. The van der Waals surface area contributed by atoms with Crippen LogP contribution >= 0.6 is 11.6 Å². The van der Waals surface area contributed by atoms with E-state index in [0.717, 1.165) is 5.56 Å². The van der Waals surface area contributed by atoms with Crippen molar-refractivity contribution in [2.75, 3.05) is 0 Å². The molecule has 0 saturated carbocycles. The van der Waals surface area contributed by atoms with Gasteiger partial charge in [0.15, 0.2) is 0 Å². The summed E-state index contributed by atoms with van der Waals surface area (Å²) in [5, 5.41) is 0.706. The van der Waals surface area contributed by atoms with Crippen molar-refractivity contribution in [3.05, 3.63) is 34.3 Å². The minimum absolute atomic E-state index is 0.0529. The molecular formula is C16H22ClNO2. The zero-order valence-corrected chi connectivity index (χ0v) is 13.5. The second kappa shape index (κ2) is 5.28. The van der Waals surface area contributed by atoms with Crippen molar-refractivity contribution in [1.82, 2.24) is 4.90 Å². The van der Waals surface area contributed by atoms with Gasteiger partial charge in [-0.3, -0.25) is 4.90 Å². The van der Waals surface area contributed by atoms with E-state index in [2.05, 4.69) is 13.8 Å². The molecule has 0 saturated heterocycles. The quantitative estimate of drug-likeness (QED) is 0.745. The highest BCUT2D eigenvalue weighted by atomic mass is 35.5. The smallest absolute Gasteiger partial charge is 0.411 e. The number of fused-ring (bicyclic) bond motifs is 1. The van der Waals surface area contributed by atoms with Gasteiger partial charge < -0.3 is 4.74 Å². The first-order chi connectivity index (χ1) is 9.19. The zero-order chi connectivity index (χ0) is 15.1. The van der Waals surface area contributed by atoms with Crippen molar-refractivity contribution in [3.63, 3.8) is 0 Å². The summed E-state index contributed by atoms with van der Waals surface area (Å²) < 4.78 is 5.52. The standard InChI is InChI=1S/C16H22ClNO2/c1-10(2)14-13-7-6-12(17)8-11(13)9-18(14)15(19)20-16(3,4)5/h6-8,10,14H,9H2,1-5H3. The molecule has 0 spiro atoms. The molecule has 0 bridgehead atoms. The van der Waals surface area contributed by atoms with Gasteiger partial charge in [0.2, 0.25) is 0 Å². The van der Waals surface area contributed by atoms with Crippen LogP contribution in [0.5, 0.6) is 0 Å². The highest BCUT2D eigenvalue weighted by Gasteiger charge is 2.37. The van der Waals surface area contributed by atoms with Gasteiger partial charge in [0, 0.05) is 5.02 Å². The van der Waals surface area contributed by atoms with Crippen molar-refractivity contribution >= 4 is 17.7 Å². The van der Waals surface area contributed by atoms with Crippen LogP contribution in [0.2, 0.25) is 5.02 Å². The molecule has 2 rings (SSSR count). The van der Waals surface area contributed by atoms with Gasteiger partial charge in [0.05, 0.1) is 12.6 Å². The van der Waals surface area contributed by atoms with Crippen molar-refractivity contribution in [3.8, 4) is 0 Å². The molecule has 1 aliphatic rings. The van der Waals surface area contributed by atoms with E-state index in [4.69, 9.17) is 16.3 Å². The van der Waals surface area contributed by atoms with E-state index in [1.807, 2.05) is 39.0 Å². The number of halogens is 1. The SMILES string of the molecule is CC(C)C1c2ccc(Cl)cc2CN1C(=O)OC(C)(C)C. The summed E-state index contributed by atoms with van der Waals surface area (Å²) in [5.74, 6) is 0.324. The van der Waals surface area contributed by atoms with Crippen LogP contribution in [0.1, 0.15) is 51.8 Å². The van der Waals surface area contributed by atoms with Crippen LogP contribution in [0.3, 0.4) is 0 Å². The lowest BCUT2D eigenvalue weighted by Gasteiger charge is -2.30. The number of ether oxygens (including phenoxy) is 1. The third kappa shape index (κ3) is 3.09. The Labute approximate surface area is 125 Å². The maximum Gasteiger partial charge on any atom is 0.411 e. The maximum absolute atomic E-state index is 12.4. The Bertz CT molecular complexity index is 520. The van der Waals surface area contributed by atoms with Crippen LogP contribution in [-0.4, -0.2) is 16.6 Å². The van der Waals surface area contributed by atoms with Gasteiger partial charge in [-0.25, -0.2) is 4.79 Å². The first-order valence-electron chi connectivity index (χ1n) is 6.97. The molecule has 20 heavy (non-hydrogen) atoms. The van der Waals surface area contributed by atoms with E-state index < -0.39 is 5.60 Å². The minimum atomic E-state index is -0.481. The molecule has 0 aromatic heterocycles. The fourth-order valence-electron chi connectivity index (χ4n) is 2.67. The summed E-state index contributed by atoms with van der Waals surface area (Å²) in [5.41, 5.74) is 1.81. The molecule has 0 fully saturated rings. The molecule has 110 valence electrons. The number of amides is 1. The molecular weight excluding hydrogens is 274 g/mol. The van der Waals surface area contributed by atoms with E-state index >= 15 is 0 Å². The van der Waals surface area contributed by atoms with Crippen LogP contribution in [0.4, 0.5) is 4.79 Å². The van der Waals surface area contributed by atoms with E-state index in [1.165, 1.54) is 5.56 Å². The number of carbonyl (C=O) groups is 1. The lowest BCUT2D eigenvalue weighted by molar-refractivity contribution is 0.0127. The second-order valence-electron chi connectivity index (χ2n) is 6.64. The first kappa shape index (κ1) is 15.2. The molecule has 3 nitrogen and oxygen atoms in total. The monoisotopic (exact) mass is 295 g/mol. The Hall–Kier alpha value is -1.22. The Morgan fingerprint density at radius 2 is 2.05 bits per heavy atom. The molecule has 1 aliphatic heterocycles. The van der Waals surface area contributed by atoms with Crippen molar-refractivity contribution in [2.45, 2.75) is 52.8 Å². The predicted octanol–water partition coefficient (Wildman–Crippen LogP) is 4.79. The van der Waals surface area contributed by atoms with E-state index in [1.54, 1.807) is 4.90 Å². The summed E-state index contributed by atoms with van der Waals surface area (Å²) in [4.78, 5) is 14.2.